The summed E-state index contributed by atoms with van der Waals surface area (Å²) in [5.74, 6) is 1.20. The van der Waals surface area contributed by atoms with E-state index >= 15 is 0 Å². The van der Waals surface area contributed by atoms with Gasteiger partial charge in [-0.25, -0.2) is 8.42 Å². The molecule has 1 saturated heterocycles. The monoisotopic (exact) mass is 435 g/mol. The van der Waals surface area contributed by atoms with Crippen LogP contribution < -0.4 is 20.1 Å². The van der Waals surface area contributed by atoms with E-state index in [2.05, 4.69) is 10.6 Å². The molecule has 0 amide bonds. The molecule has 0 bridgehead atoms. The maximum atomic E-state index is 13.0. The molecule has 0 unspecified atom stereocenters. The lowest BCUT2D eigenvalue weighted by atomic mass is 10.2. The lowest BCUT2D eigenvalue weighted by Crippen LogP contribution is -2.35. The third-order valence-electron chi connectivity index (χ3n) is 4.70. The molecule has 1 fully saturated rings. The Morgan fingerprint density at radius 3 is 2.45 bits per heavy atom. The number of ether oxygens (including phenoxy) is 2. The fourth-order valence-electron chi connectivity index (χ4n) is 3.19. The number of methoxy groups -OCH3 is 2. The highest BCUT2D eigenvalue weighted by molar-refractivity contribution is 7.89. The molecule has 1 heterocycles. The number of nitrogens with one attached hydrogen (secondary N) is 2. The van der Waals surface area contributed by atoms with Crippen molar-refractivity contribution in [3.63, 3.8) is 0 Å². The molecule has 0 spiro atoms. The fourth-order valence-corrected chi connectivity index (χ4v) is 4.96. The topological polar surface area (TPSA) is 79.9 Å². The molecule has 0 radical (unpaired) electrons. The van der Waals surface area contributed by atoms with Gasteiger partial charge in [0.1, 0.15) is 11.5 Å². The molecule has 2 aromatic rings. The van der Waals surface area contributed by atoms with E-state index in [9.17, 15) is 8.42 Å². The van der Waals surface area contributed by atoms with Crippen molar-refractivity contribution in [3.05, 3.63) is 42.5 Å². The summed E-state index contributed by atoms with van der Waals surface area (Å²) in [7, 11) is -0.438. The first-order chi connectivity index (χ1) is 13.9. The van der Waals surface area contributed by atoms with Crippen molar-refractivity contribution in [1.29, 1.82) is 0 Å². The van der Waals surface area contributed by atoms with Crippen LogP contribution >= 0.6 is 12.2 Å². The second kappa shape index (κ2) is 9.43. The highest BCUT2D eigenvalue weighted by Crippen LogP contribution is 2.30. The maximum absolute atomic E-state index is 13.0. The summed E-state index contributed by atoms with van der Waals surface area (Å²) in [6.07, 6.45) is 2.83. The maximum Gasteiger partial charge on any atom is 0.243 e. The first-order valence-corrected chi connectivity index (χ1v) is 11.2. The molecular weight excluding hydrogens is 410 g/mol. The smallest absolute Gasteiger partial charge is 0.243 e. The molecule has 2 N–H and O–H groups in total. The van der Waals surface area contributed by atoms with Crippen LogP contribution in [0.25, 0.3) is 0 Å². The molecule has 29 heavy (non-hydrogen) atoms. The highest BCUT2D eigenvalue weighted by Gasteiger charge is 2.26. The van der Waals surface area contributed by atoms with Crippen molar-refractivity contribution in [2.45, 2.75) is 24.2 Å². The van der Waals surface area contributed by atoms with Crippen LogP contribution in [-0.4, -0.2) is 45.1 Å². The molecular formula is C20H25N3O4S2. The van der Waals surface area contributed by atoms with Crippen LogP contribution in [0.15, 0.2) is 47.4 Å². The van der Waals surface area contributed by atoms with Gasteiger partial charge < -0.3 is 20.1 Å². The second-order valence-corrected chi connectivity index (χ2v) is 8.98. The molecule has 0 saturated carbocycles. The van der Waals surface area contributed by atoms with E-state index in [-0.39, 0.29) is 4.90 Å². The molecule has 2 aromatic carbocycles. The Balaban J connectivity index is 1.80. The number of sulfonamides is 1. The van der Waals surface area contributed by atoms with Crippen molar-refractivity contribution in [3.8, 4) is 11.5 Å². The van der Waals surface area contributed by atoms with Crippen LogP contribution in [-0.2, 0) is 10.0 Å². The molecule has 9 heteroatoms. The summed E-state index contributed by atoms with van der Waals surface area (Å²) >= 11 is 5.39. The van der Waals surface area contributed by atoms with Crippen molar-refractivity contribution >= 4 is 38.7 Å². The van der Waals surface area contributed by atoms with Crippen molar-refractivity contribution < 1.29 is 17.9 Å². The van der Waals surface area contributed by atoms with Gasteiger partial charge in [0, 0.05) is 24.8 Å². The van der Waals surface area contributed by atoms with Crippen molar-refractivity contribution in [2.75, 3.05) is 37.9 Å². The van der Waals surface area contributed by atoms with E-state index in [1.165, 1.54) is 11.4 Å². The molecule has 0 aliphatic carbocycles. The van der Waals surface area contributed by atoms with Crippen LogP contribution in [0.1, 0.15) is 19.3 Å². The summed E-state index contributed by atoms with van der Waals surface area (Å²) in [4.78, 5) is 0.215. The SMILES string of the molecule is COc1cccc(NC(=S)Nc2cc(S(=O)(=O)N3CCCCC3)ccc2OC)c1. The van der Waals surface area contributed by atoms with E-state index in [4.69, 9.17) is 21.7 Å². The summed E-state index contributed by atoms with van der Waals surface area (Å²) < 4.78 is 38.1. The number of piperidine rings is 1. The van der Waals surface area contributed by atoms with E-state index in [0.29, 0.717) is 35.4 Å². The van der Waals surface area contributed by atoms with Gasteiger partial charge in [-0.05, 0) is 55.4 Å². The number of rotatable bonds is 6. The van der Waals surface area contributed by atoms with Gasteiger partial charge in [-0.15, -0.1) is 0 Å². The van der Waals surface area contributed by atoms with Crippen LogP contribution in [0.3, 0.4) is 0 Å². The number of benzene rings is 2. The summed E-state index contributed by atoms with van der Waals surface area (Å²) in [5, 5.41) is 6.41. The average Bonchev–Trinajstić information content (AvgIpc) is 2.74. The minimum atomic E-state index is -3.56. The van der Waals surface area contributed by atoms with Gasteiger partial charge in [-0.1, -0.05) is 12.5 Å². The Morgan fingerprint density at radius 2 is 1.76 bits per heavy atom. The minimum Gasteiger partial charge on any atom is -0.497 e. The van der Waals surface area contributed by atoms with Gasteiger partial charge in [0.2, 0.25) is 10.0 Å². The average molecular weight is 436 g/mol. The molecule has 156 valence electrons. The molecule has 1 aliphatic heterocycles. The first kappa shape index (κ1) is 21.4. The molecule has 7 nitrogen and oxygen atoms in total. The number of anilines is 2. The quantitative estimate of drug-likeness (QED) is 0.670. The molecule has 0 aromatic heterocycles. The van der Waals surface area contributed by atoms with Gasteiger partial charge in [0.15, 0.2) is 5.11 Å². The van der Waals surface area contributed by atoms with E-state index in [1.807, 2.05) is 24.3 Å². The Kier molecular flexibility index (Phi) is 6.94. The standard InChI is InChI=1S/C20H25N3O4S2/c1-26-16-8-6-7-15(13-16)21-20(28)22-18-14-17(9-10-19(18)27-2)29(24,25)23-11-4-3-5-12-23/h6-10,13-14H,3-5,11-12H2,1-2H3,(H2,21,22,28). The zero-order chi connectivity index (χ0) is 20.9. The summed E-state index contributed by atoms with van der Waals surface area (Å²) in [5.41, 5.74) is 1.23. The molecule has 3 rings (SSSR count). The van der Waals surface area contributed by atoms with Crippen LogP contribution in [0, 0.1) is 0 Å². The third kappa shape index (κ3) is 5.17. The van der Waals surface area contributed by atoms with E-state index in [1.54, 1.807) is 25.3 Å². The fraction of sp³-hybridized carbons (Fsp3) is 0.350. The number of hydrogen-bond donors (Lipinski definition) is 2. The number of thiocarbonyl (C=S) groups is 1. The van der Waals surface area contributed by atoms with Gasteiger partial charge in [-0.3, -0.25) is 0 Å². The molecule has 1 aliphatic rings. The Bertz CT molecular complexity index is 973. The van der Waals surface area contributed by atoms with Gasteiger partial charge >= 0.3 is 0 Å². The van der Waals surface area contributed by atoms with Gasteiger partial charge in [0.05, 0.1) is 24.8 Å². The van der Waals surface area contributed by atoms with Crippen LogP contribution in [0.5, 0.6) is 11.5 Å². The predicted octanol–water partition coefficient (Wildman–Crippen LogP) is 3.69. The lowest BCUT2D eigenvalue weighted by Gasteiger charge is -2.26. The van der Waals surface area contributed by atoms with Crippen molar-refractivity contribution in [1.82, 2.24) is 4.31 Å². The second-order valence-electron chi connectivity index (χ2n) is 6.64. The zero-order valence-corrected chi connectivity index (χ0v) is 18.1. The number of hydrogen-bond acceptors (Lipinski definition) is 5. The minimum absolute atomic E-state index is 0.215. The van der Waals surface area contributed by atoms with Crippen LogP contribution in [0.4, 0.5) is 11.4 Å². The van der Waals surface area contributed by atoms with E-state index < -0.39 is 10.0 Å². The third-order valence-corrected chi connectivity index (χ3v) is 6.80. The van der Waals surface area contributed by atoms with Gasteiger partial charge in [-0.2, -0.15) is 4.31 Å². The first-order valence-electron chi connectivity index (χ1n) is 9.34. The summed E-state index contributed by atoms with van der Waals surface area (Å²) in [6.45, 7) is 1.10. The lowest BCUT2D eigenvalue weighted by molar-refractivity contribution is 0.346. The van der Waals surface area contributed by atoms with Gasteiger partial charge in [0.25, 0.3) is 0 Å². The Labute approximate surface area is 177 Å². The molecule has 0 atom stereocenters. The predicted molar refractivity (Wildman–Crippen MR) is 118 cm³/mol. The van der Waals surface area contributed by atoms with E-state index in [0.717, 1.165) is 24.9 Å². The van der Waals surface area contributed by atoms with Crippen LogP contribution in [0.2, 0.25) is 0 Å². The normalized spacial score (nSPS) is 14.8. The summed E-state index contributed by atoms with van der Waals surface area (Å²) in [6, 6.07) is 12.1. The highest BCUT2D eigenvalue weighted by atomic mass is 32.2. The van der Waals surface area contributed by atoms with Crippen molar-refractivity contribution in [2.24, 2.45) is 0 Å². The largest absolute Gasteiger partial charge is 0.497 e. The Hall–Kier alpha value is -2.36. The number of nitrogens with zero attached hydrogens (tertiary/aromatic N) is 1. The zero-order valence-electron chi connectivity index (χ0n) is 16.5. The Morgan fingerprint density at radius 1 is 1.00 bits per heavy atom.